The topological polar surface area (TPSA) is 96.0 Å². The van der Waals surface area contributed by atoms with E-state index in [1.807, 2.05) is 37.3 Å². The van der Waals surface area contributed by atoms with Gasteiger partial charge in [-0.25, -0.2) is 13.6 Å². The van der Waals surface area contributed by atoms with Crippen LogP contribution in [0.1, 0.15) is 11.1 Å². The Hall–Kier alpha value is -2.36. The lowest BCUT2D eigenvalue weighted by atomic mass is 10.2. The molecule has 0 aliphatic carbocycles. The molecule has 5 nitrogen and oxygen atoms in total. The summed E-state index contributed by atoms with van der Waals surface area (Å²) in [6, 6.07) is 13.7. The van der Waals surface area contributed by atoms with E-state index >= 15 is 0 Å². The van der Waals surface area contributed by atoms with Crippen LogP contribution in [-0.4, -0.2) is 8.42 Å². The van der Waals surface area contributed by atoms with E-state index in [2.05, 4.69) is 5.32 Å². The van der Waals surface area contributed by atoms with Crippen LogP contribution in [0.5, 0.6) is 0 Å². The van der Waals surface area contributed by atoms with Gasteiger partial charge in [-0.1, -0.05) is 17.7 Å². The third-order valence-corrected chi connectivity index (χ3v) is 3.70. The lowest BCUT2D eigenvalue weighted by Crippen LogP contribution is -2.14. The average molecular weight is 287 g/mol. The molecule has 2 rings (SSSR count). The van der Waals surface area contributed by atoms with Crippen LogP contribution in [-0.2, 0) is 10.0 Å². The van der Waals surface area contributed by atoms with Gasteiger partial charge in [0.2, 0.25) is 10.0 Å². The normalized spacial score (nSPS) is 10.8. The molecular formula is C14H13N3O2S. The zero-order valence-electron chi connectivity index (χ0n) is 10.8. The summed E-state index contributed by atoms with van der Waals surface area (Å²) in [5.41, 5.74) is 2.42. The first-order chi connectivity index (χ1) is 9.40. The van der Waals surface area contributed by atoms with Crippen LogP contribution >= 0.6 is 0 Å². The SMILES string of the molecule is Cc1ccc(Nc2ccc(C#N)cc2S(N)(=O)=O)cc1. The van der Waals surface area contributed by atoms with E-state index in [0.29, 0.717) is 5.69 Å². The molecule has 20 heavy (non-hydrogen) atoms. The van der Waals surface area contributed by atoms with Gasteiger partial charge in [-0.05, 0) is 37.3 Å². The molecule has 0 atom stereocenters. The molecule has 0 amide bonds. The molecule has 0 radical (unpaired) electrons. The van der Waals surface area contributed by atoms with Crippen molar-refractivity contribution in [2.75, 3.05) is 5.32 Å². The Morgan fingerprint density at radius 3 is 2.35 bits per heavy atom. The summed E-state index contributed by atoms with van der Waals surface area (Å²) < 4.78 is 23.2. The Kier molecular flexibility index (Phi) is 3.74. The van der Waals surface area contributed by atoms with Crippen LogP contribution in [0.2, 0.25) is 0 Å². The zero-order chi connectivity index (χ0) is 14.8. The van der Waals surface area contributed by atoms with Crippen LogP contribution in [0.15, 0.2) is 47.4 Å². The molecule has 0 fully saturated rings. The first-order valence-electron chi connectivity index (χ1n) is 5.81. The maximum Gasteiger partial charge on any atom is 0.240 e. The molecule has 0 saturated heterocycles. The Balaban J connectivity index is 2.46. The molecule has 0 aliphatic rings. The molecule has 2 aromatic carbocycles. The second kappa shape index (κ2) is 5.33. The first kappa shape index (κ1) is 14.1. The number of hydrogen-bond acceptors (Lipinski definition) is 4. The minimum Gasteiger partial charge on any atom is -0.354 e. The Labute approximate surface area is 117 Å². The van der Waals surface area contributed by atoms with E-state index in [4.69, 9.17) is 10.4 Å². The van der Waals surface area contributed by atoms with Gasteiger partial charge in [0.25, 0.3) is 0 Å². The van der Waals surface area contributed by atoms with Crippen LogP contribution in [0, 0.1) is 18.3 Å². The van der Waals surface area contributed by atoms with Gasteiger partial charge >= 0.3 is 0 Å². The molecule has 0 unspecified atom stereocenters. The molecule has 3 N–H and O–H groups in total. The van der Waals surface area contributed by atoms with Gasteiger partial charge in [0.1, 0.15) is 4.90 Å². The van der Waals surface area contributed by atoms with Crippen molar-refractivity contribution >= 4 is 21.4 Å². The van der Waals surface area contributed by atoms with Crippen molar-refractivity contribution in [3.63, 3.8) is 0 Å². The van der Waals surface area contributed by atoms with Crippen LogP contribution in [0.4, 0.5) is 11.4 Å². The summed E-state index contributed by atoms with van der Waals surface area (Å²) in [6.07, 6.45) is 0. The first-order valence-corrected chi connectivity index (χ1v) is 7.35. The number of anilines is 2. The van der Waals surface area contributed by atoms with E-state index in [1.54, 1.807) is 0 Å². The van der Waals surface area contributed by atoms with Crippen molar-refractivity contribution in [2.24, 2.45) is 5.14 Å². The van der Waals surface area contributed by atoms with E-state index < -0.39 is 10.0 Å². The van der Waals surface area contributed by atoms with Gasteiger partial charge < -0.3 is 5.32 Å². The number of hydrogen-bond donors (Lipinski definition) is 2. The largest absolute Gasteiger partial charge is 0.354 e. The minimum atomic E-state index is -3.91. The van der Waals surface area contributed by atoms with Crippen molar-refractivity contribution in [3.8, 4) is 6.07 Å². The molecule has 2 aromatic rings. The van der Waals surface area contributed by atoms with E-state index in [1.165, 1.54) is 18.2 Å². The summed E-state index contributed by atoms with van der Waals surface area (Å²) >= 11 is 0. The van der Waals surface area contributed by atoms with Gasteiger partial charge in [-0.15, -0.1) is 0 Å². The van der Waals surface area contributed by atoms with Crippen LogP contribution in [0.3, 0.4) is 0 Å². The Bertz CT molecular complexity index is 775. The van der Waals surface area contributed by atoms with Crippen LogP contribution in [0.25, 0.3) is 0 Å². The van der Waals surface area contributed by atoms with E-state index in [9.17, 15) is 8.42 Å². The molecule has 0 bridgehead atoms. The van der Waals surface area contributed by atoms with E-state index in [-0.39, 0.29) is 10.5 Å². The van der Waals surface area contributed by atoms with Crippen molar-refractivity contribution < 1.29 is 8.42 Å². The molecule has 0 saturated carbocycles. The molecule has 0 aliphatic heterocycles. The summed E-state index contributed by atoms with van der Waals surface area (Å²) in [6.45, 7) is 1.96. The monoisotopic (exact) mass is 287 g/mol. The molecule has 0 heterocycles. The number of aryl methyl sites for hydroxylation is 1. The lowest BCUT2D eigenvalue weighted by molar-refractivity contribution is 0.598. The lowest BCUT2D eigenvalue weighted by Gasteiger charge is -2.11. The number of nitrogens with zero attached hydrogens (tertiary/aromatic N) is 1. The Morgan fingerprint density at radius 2 is 1.80 bits per heavy atom. The maximum atomic E-state index is 11.6. The smallest absolute Gasteiger partial charge is 0.240 e. The standard InChI is InChI=1S/C14H13N3O2S/c1-10-2-5-12(6-3-10)17-13-7-4-11(9-15)8-14(13)20(16,18)19/h2-8,17H,1H3,(H2,16,18,19). The zero-order valence-corrected chi connectivity index (χ0v) is 11.6. The third kappa shape index (κ3) is 3.15. The fraction of sp³-hybridized carbons (Fsp3) is 0.0714. The molecule has 0 aromatic heterocycles. The van der Waals surface area contributed by atoms with Crippen molar-refractivity contribution in [3.05, 3.63) is 53.6 Å². The maximum absolute atomic E-state index is 11.6. The van der Waals surface area contributed by atoms with Gasteiger partial charge in [-0.3, -0.25) is 0 Å². The number of nitrogens with two attached hydrogens (primary N) is 1. The fourth-order valence-corrected chi connectivity index (χ4v) is 2.44. The van der Waals surface area contributed by atoms with Gasteiger partial charge in [-0.2, -0.15) is 5.26 Å². The highest BCUT2D eigenvalue weighted by Gasteiger charge is 2.15. The molecular weight excluding hydrogens is 274 g/mol. The molecule has 6 heteroatoms. The Morgan fingerprint density at radius 1 is 1.15 bits per heavy atom. The molecule has 0 spiro atoms. The number of nitriles is 1. The summed E-state index contributed by atoms with van der Waals surface area (Å²) in [4.78, 5) is -0.0999. The van der Waals surface area contributed by atoms with Gasteiger partial charge in [0.15, 0.2) is 0 Å². The highest BCUT2D eigenvalue weighted by atomic mass is 32.2. The summed E-state index contributed by atoms with van der Waals surface area (Å²) in [5, 5.41) is 17.0. The highest BCUT2D eigenvalue weighted by molar-refractivity contribution is 7.89. The minimum absolute atomic E-state index is 0.0999. The van der Waals surface area contributed by atoms with Crippen molar-refractivity contribution in [2.45, 2.75) is 11.8 Å². The predicted molar refractivity (Wildman–Crippen MR) is 77.0 cm³/mol. The van der Waals surface area contributed by atoms with Gasteiger partial charge in [0.05, 0.1) is 17.3 Å². The highest BCUT2D eigenvalue weighted by Crippen LogP contribution is 2.25. The van der Waals surface area contributed by atoms with Crippen molar-refractivity contribution in [1.29, 1.82) is 5.26 Å². The number of sulfonamides is 1. The average Bonchev–Trinajstić information content (AvgIpc) is 2.40. The van der Waals surface area contributed by atoms with Crippen LogP contribution < -0.4 is 10.5 Å². The third-order valence-electron chi connectivity index (χ3n) is 2.75. The number of nitrogens with one attached hydrogen (secondary N) is 1. The number of rotatable bonds is 3. The fourth-order valence-electron chi connectivity index (χ4n) is 1.72. The second-order valence-electron chi connectivity index (χ2n) is 4.36. The number of benzene rings is 2. The molecule has 102 valence electrons. The summed E-state index contributed by atoms with van der Waals surface area (Å²) in [7, 11) is -3.91. The summed E-state index contributed by atoms with van der Waals surface area (Å²) in [5.74, 6) is 0. The van der Waals surface area contributed by atoms with E-state index in [0.717, 1.165) is 11.3 Å². The second-order valence-corrected chi connectivity index (χ2v) is 5.89. The van der Waals surface area contributed by atoms with Gasteiger partial charge in [0, 0.05) is 5.69 Å². The predicted octanol–water partition coefficient (Wildman–Crippen LogP) is 2.26. The quantitative estimate of drug-likeness (QED) is 0.905. The number of primary sulfonamides is 1. The van der Waals surface area contributed by atoms with Crippen molar-refractivity contribution in [1.82, 2.24) is 0 Å².